The van der Waals surface area contributed by atoms with E-state index in [0.717, 1.165) is 13.1 Å². The second kappa shape index (κ2) is 11.8. The van der Waals surface area contributed by atoms with Crippen molar-refractivity contribution in [3.8, 4) is 5.75 Å². The number of carbonyl (C=O) groups is 2. The monoisotopic (exact) mass is 507 g/mol. The first-order valence-electron chi connectivity index (χ1n) is 12.1. The Hall–Kier alpha value is -4.02. The van der Waals surface area contributed by atoms with Gasteiger partial charge in [-0.2, -0.15) is 0 Å². The number of aliphatic hydroxyl groups excluding tert-OH is 1. The lowest BCUT2D eigenvalue weighted by atomic mass is 9.95. The van der Waals surface area contributed by atoms with E-state index in [9.17, 15) is 24.8 Å². The molecular formula is C27H29N3O7. The maximum absolute atomic E-state index is 13.2. The summed E-state index contributed by atoms with van der Waals surface area (Å²) < 4.78 is 10.8. The number of nitro benzene ring substituents is 1. The lowest BCUT2D eigenvalue weighted by Gasteiger charge is -2.29. The summed E-state index contributed by atoms with van der Waals surface area (Å²) in [6.07, 6.45) is 2.20. The van der Waals surface area contributed by atoms with Crippen molar-refractivity contribution in [2.75, 3.05) is 46.0 Å². The van der Waals surface area contributed by atoms with Crippen molar-refractivity contribution < 1.29 is 29.1 Å². The van der Waals surface area contributed by atoms with Crippen LogP contribution in [0.3, 0.4) is 0 Å². The summed E-state index contributed by atoms with van der Waals surface area (Å²) in [5.41, 5.74) is 0.441. The second-order valence-corrected chi connectivity index (χ2v) is 8.78. The number of aliphatic hydroxyl groups is 1. The van der Waals surface area contributed by atoms with Gasteiger partial charge in [-0.25, -0.2) is 0 Å². The Bertz CT molecular complexity index is 1200. The topological polar surface area (TPSA) is 122 Å². The van der Waals surface area contributed by atoms with E-state index < -0.39 is 22.7 Å². The van der Waals surface area contributed by atoms with Gasteiger partial charge < -0.3 is 19.5 Å². The number of nitro groups is 1. The molecule has 1 amide bonds. The van der Waals surface area contributed by atoms with E-state index in [-0.39, 0.29) is 23.6 Å². The van der Waals surface area contributed by atoms with Gasteiger partial charge in [0.2, 0.25) is 0 Å². The predicted octanol–water partition coefficient (Wildman–Crippen LogP) is 3.30. The molecule has 0 aromatic heterocycles. The fourth-order valence-corrected chi connectivity index (χ4v) is 4.57. The molecule has 0 saturated carbocycles. The fraction of sp³-hybridized carbons (Fsp3) is 0.333. The summed E-state index contributed by atoms with van der Waals surface area (Å²) in [5, 5.41) is 22.6. The number of carbonyl (C=O) groups excluding carboxylic acids is 2. The molecule has 2 aromatic rings. The van der Waals surface area contributed by atoms with Gasteiger partial charge in [-0.15, -0.1) is 0 Å². The van der Waals surface area contributed by atoms with Crippen LogP contribution in [0.15, 0.2) is 66.8 Å². The first-order chi connectivity index (χ1) is 17.9. The molecule has 4 rings (SSSR count). The van der Waals surface area contributed by atoms with Crippen LogP contribution in [0.5, 0.6) is 5.75 Å². The molecular weight excluding hydrogens is 478 g/mol. The van der Waals surface area contributed by atoms with Gasteiger partial charge in [0, 0.05) is 43.9 Å². The van der Waals surface area contributed by atoms with Crippen molar-refractivity contribution in [1.29, 1.82) is 0 Å². The molecule has 1 atom stereocenters. The highest BCUT2D eigenvalue weighted by atomic mass is 16.6. The Balaban J connectivity index is 1.68. The number of hydrogen-bond acceptors (Lipinski definition) is 8. The maximum atomic E-state index is 13.2. The van der Waals surface area contributed by atoms with Crippen LogP contribution in [0, 0.1) is 10.1 Å². The lowest BCUT2D eigenvalue weighted by molar-refractivity contribution is -0.384. The molecule has 0 aliphatic carbocycles. The molecule has 2 heterocycles. The van der Waals surface area contributed by atoms with E-state index in [2.05, 4.69) is 11.5 Å². The number of rotatable bonds is 10. The van der Waals surface area contributed by atoms with E-state index in [4.69, 9.17) is 9.47 Å². The summed E-state index contributed by atoms with van der Waals surface area (Å²) in [6, 6.07) is 11.3. The van der Waals surface area contributed by atoms with Crippen molar-refractivity contribution >= 4 is 23.1 Å². The first kappa shape index (κ1) is 26.1. The van der Waals surface area contributed by atoms with Crippen molar-refractivity contribution in [3.63, 3.8) is 0 Å². The zero-order valence-corrected chi connectivity index (χ0v) is 20.4. The second-order valence-electron chi connectivity index (χ2n) is 8.78. The van der Waals surface area contributed by atoms with Gasteiger partial charge in [0.25, 0.3) is 17.4 Å². The molecule has 10 heteroatoms. The third-order valence-electron chi connectivity index (χ3n) is 6.41. The van der Waals surface area contributed by atoms with Gasteiger partial charge in [0.1, 0.15) is 18.1 Å². The number of nitrogens with zero attached hydrogens (tertiary/aromatic N) is 3. The largest absolute Gasteiger partial charge is 0.507 e. The molecule has 2 aliphatic rings. The summed E-state index contributed by atoms with van der Waals surface area (Å²) >= 11 is 0. The molecule has 2 aromatic carbocycles. The van der Waals surface area contributed by atoms with Crippen LogP contribution in [0.4, 0.5) is 5.69 Å². The third kappa shape index (κ3) is 5.87. The first-order valence-corrected chi connectivity index (χ1v) is 12.1. The van der Waals surface area contributed by atoms with Crippen molar-refractivity contribution in [3.05, 3.63) is 88.0 Å². The van der Waals surface area contributed by atoms with Gasteiger partial charge in [-0.3, -0.25) is 24.6 Å². The van der Waals surface area contributed by atoms with Crippen LogP contribution in [0.2, 0.25) is 0 Å². The summed E-state index contributed by atoms with van der Waals surface area (Å²) in [4.78, 5) is 40.9. The molecule has 0 bridgehead atoms. The highest BCUT2D eigenvalue weighted by molar-refractivity contribution is 6.46. The number of Topliss-reactive ketones (excluding diaryl/α,β-unsaturated/α-hetero) is 1. The molecule has 2 aliphatic heterocycles. The van der Waals surface area contributed by atoms with Crippen molar-refractivity contribution in [2.24, 2.45) is 0 Å². The molecule has 194 valence electrons. The molecule has 10 nitrogen and oxygen atoms in total. The maximum Gasteiger partial charge on any atom is 0.295 e. The minimum absolute atomic E-state index is 0.100. The third-order valence-corrected chi connectivity index (χ3v) is 6.41. The Labute approximate surface area is 214 Å². The fourth-order valence-electron chi connectivity index (χ4n) is 4.57. The summed E-state index contributed by atoms with van der Waals surface area (Å²) in [6.45, 7) is 7.75. The van der Waals surface area contributed by atoms with Gasteiger partial charge in [0.15, 0.2) is 0 Å². The molecule has 2 fully saturated rings. The standard InChI is InChI=1S/C27H29N3O7/c1-2-15-37-22-9-7-19(8-10-22)25(31)23-24(20-5-3-6-21(18-20)30(34)35)29(27(33)26(23)32)12-4-11-28-13-16-36-17-14-28/h2-3,5-10,18,24,31H,1,4,11-17H2/b25-23+. The van der Waals surface area contributed by atoms with Crippen LogP contribution in [-0.4, -0.2) is 77.5 Å². The SMILES string of the molecule is C=CCOc1ccc(/C(O)=C2\C(=O)C(=O)N(CCCN3CCOCC3)C2c2cccc([N+](=O)[O-])c2)cc1. The number of benzene rings is 2. The van der Waals surface area contributed by atoms with Gasteiger partial charge >= 0.3 is 0 Å². The summed E-state index contributed by atoms with van der Waals surface area (Å²) in [5.74, 6) is -1.37. The van der Waals surface area contributed by atoms with Gasteiger partial charge in [-0.1, -0.05) is 24.8 Å². The van der Waals surface area contributed by atoms with E-state index in [1.165, 1.54) is 23.1 Å². The molecule has 0 spiro atoms. The Kier molecular flexibility index (Phi) is 8.32. The number of ketones is 1. The molecule has 0 radical (unpaired) electrons. The van der Waals surface area contributed by atoms with Crippen LogP contribution in [0.1, 0.15) is 23.6 Å². The molecule has 1 unspecified atom stereocenters. The molecule has 37 heavy (non-hydrogen) atoms. The van der Waals surface area contributed by atoms with E-state index in [1.54, 1.807) is 36.4 Å². The van der Waals surface area contributed by atoms with E-state index >= 15 is 0 Å². The smallest absolute Gasteiger partial charge is 0.295 e. The predicted molar refractivity (Wildman–Crippen MR) is 136 cm³/mol. The van der Waals surface area contributed by atoms with Crippen molar-refractivity contribution in [2.45, 2.75) is 12.5 Å². The summed E-state index contributed by atoms with van der Waals surface area (Å²) in [7, 11) is 0. The lowest BCUT2D eigenvalue weighted by Crippen LogP contribution is -2.39. The van der Waals surface area contributed by atoms with Crippen LogP contribution >= 0.6 is 0 Å². The minimum Gasteiger partial charge on any atom is -0.507 e. The zero-order chi connectivity index (χ0) is 26.4. The quantitative estimate of drug-likeness (QED) is 0.130. The van der Waals surface area contributed by atoms with Crippen LogP contribution in [0.25, 0.3) is 5.76 Å². The number of ether oxygens (including phenoxy) is 2. The Morgan fingerprint density at radius 3 is 2.57 bits per heavy atom. The van der Waals surface area contributed by atoms with Gasteiger partial charge in [-0.05, 0) is 36.2 Å². The number of non-ortho nitro benzene ring substituents is 1. The van der Waals surface area contributed by atoms with Gasteiger partial charge in [0.05, 0.1) is 29.8 Å². The molecule has 2 saturated heterocycles. The molecule has 1 N–H and O–H groups in total. The Morgan fingerprint density at radius 1 is 1.16 bits per heavy atom. The average Bonchev–Trinajstić information content (AvgIpc) is 3.17. The number of amides is 1. The van der Waals surface area contributed by atoms with E-state index in [0.29, 0.717) is 49.7 Å². The van der Waals surface area contributed by atoms with Crippen LogP contribution < -0.4 is 4.74 Å². The van der Waals surface area contributed by atoms with Crippen LogP contribution in [-0.2, 0) is 14.3 Å². The normalized spacial score (nSPS) is 19.7. The number of morpholine rings is 1. The zero-order valence-electron chi connectivity index (χ0n) is 20.4. The highest BCUT2D eigenvalue weighted by Crippen LogP contribution is 2.40. The average molecular weight is 508 g/mol. The highest BCUT2D eigenvalue weighted by Gasteiger charge is 2.46. The van der Waals surface area contributed by atoms with E-state index in [1.807, 2.05) is 0 Å². The Morgan fingerprint density at radius 2 is 1.89 bits per heavy atom. The van der Waals surface area contributed by atoms with Crippen molar-refractivity contribution in [1.82, 2.24) is 9.80 Å². The number of hydrogen-bond donors (Lipinski definition) is 1. The minimum atomic E-state index is -0.957. The number of likely N-dealkylation sites (tertiary alicyclic amines) is 1.